The molecule has 0 aliphatic heterocycles. The van der Waals surface area contributed by atoms with Gasteiger partial charge in [0, 0.05) is 12.2 Å². The molecule has 0 spiro atoms. The number of hydrogen-bond donors (Lipinski definition) is 2. The fourth-order valence-corrected chi connectivity index (χ4v) is 1.84. The maximum absolute atomic E-state index is 12.1. The molecule has 2 N–H and O–H groups in total. The molecule has 0 fully saturated rings. The molecule has 0 bridgehead atoms. The van der Waals surface area contributed by atoms with Gasteiger partial charge in [-0.05, 0) is 42.0 Å². The smallest absolute Gasteiger partial charge is 0.497 e. The van der Waals surface area contributed by atoms with E-state index in [1.165, 1.54) is 12.1 Å². The molecule has 8 heteroatoms. The lowest BCUT2D eigenvalue weighted by atomic mass is 10.2. The summed E-state index contributed by atoms with van der Waals surface area (Å²) in [4.78, 5) is 11.8. The second-order valence-corrected chi connectivity index (χ2v) is 4.73. The highest BCUT2D eigenvalue weighted by Crippen LogP contribution is 2.23. The van der Waals surface area contributed by atoms with Crippen molar-refractivity contribution < 1.29 is 27.4 Å². The number of urea groups is 1. The standard InChI is InChI=1S/C16H15F3N2O3/c1-23-13-6-2-11(3-7-13)10-20-15(22)21-12-4-8-14(9-5-12)24-16(17,18)19/h2-9H,10H2,1H3,(H2,20,21,22). The van der Waals surface area contributed by atoms with Crippen LogP contribution in [0.1, 0.15) is 5.56 Å². The van der Waals surface area contributed by atoms with Crippen molar-refractivity contribution in [3.05, 3.63) is 54.1 Å². The molecule has 0 aliphatic carbocycles. The second-order valence-electron chi connectivity index (χ2n) is 4.73. The van der Waals surface area contributed by atoms with Crippen molar-refractivity contribution >= 4 is 11.7 Å². The normalized spacial score (nSPS) is 10.8. The number of carbonyl (C=O) groups excluding carboxylic acids is 1. The molecule has 2 amide bonds. The average molecular weight is 340 g/mol. The lowest BCUT2D eigenvalue weighted by Crippen LogP contribution is -2.28. The van der Waals surface area contributed by atoms with Crippen LogP contribution >= 0.6 is 0 Å². The number of rotatable bonds is 5. The Balaban J connectivity index is 1.83. The number of ether oxygens (including phenoxy) is 2. The van der Waals surface area contributed by atoms with Gasteiger partial charge in [0.1, 0.15) is 11.5 Å². The van der Waals surface area contributed by atoms with Gasteiger partial charge in [-0.25, -0.2) is 4.79 Å². The van der Waals surface area contributed by atoms with Crippen LogP contribution in [0, 0.1) is 0 Å². The van der Waals surface area contributed by atoms with Crippen molar-refractivity contribution in [2.45, 2.75) is 12.9 Å². The number of methoxy groups -OCH3 is 1. The van der Waals surface area contributed by atoms with Crippen LogP contribution in [0.2, 0.25) is 0 Å². The van der Waals surface area contributed by atoms with Crippen molar-refractivity contribution in [2.24, 2.45) is 0 Å². The van der Waals surface area contributed by atoms with Gasteiger partial charge in [0.2, 0.25) is 0 Å². The Morgan fingerprint density at radius 2 is 1.58 bits per heavy atom. The Morgan fingerprint density at radius 1 is 1.00 bits per heavy atom. The van der Waals surface area contributed by atoms with E-state index in [2.05, 4.69) is 15.4 Å². The molecular formula is C16H15F3N2O3. The second kappa shape index (κ2) is 7.58. The van der Waals surface area contributed by atoms with Gasteiger partial charge in [0.05, 0.1) is 7.11 Å². The van der Waals surface area contributed by atoms with Gasteiger partial charge < -0.3 is 20.1 Å². The van der Waals surface area contributed by atoms with E-state index in [1.807, 2.05) is 12.1 Å². The van der Waals surface area contributed by atoms with Crippen LogP contribution in [0.15, 0.2) is 48.5 Å². The Morgan fingerprint density at radius 3 is 2.12 bits per heavy atom. The van der Waals surface area contributed by atoms with Crippen molar-refractivity contribution in [1.82, 2.24) is 5.32 Å². The van der Waals surface area contributed by atoms with Gasteiger partial charge in [0.25, 0.3) is 0 Å². The van der Waals surface area contributed by atoms with Crippen LogP contribution in [0.4, 0.5) is 23.7 Å². The molecule has 0 aromatic heterocycles. The van der Waals surface area contributed by atoms with Gasteiger partial charge >= 0.3 is 12.4 Å². The molecular weight excluding hydrogens is 325 g/mol. The van der Waals surface area contributed by atoms with Gasteiger partial charge in [-0.15, -0.1) is 13.2 Å². The Hall–Kier alpha value is -2.90. The van der Waals surface area contributed by atoms with E-state index in [9.17, 15) is 18.0 Å². The predicted octanol–water partition coefficient (Wildman–Crippen LogP) is 3.92. The summed E-state index contributed by atoms with van der Waals surface area (Å²) in [7, 11) is 1.56. The summed E-state index contributed by atoms with van der Waals surface area (Å²) in [5.74, 6) is 0.357. The molecule has 0 atom stereocenters. The summed E-state index contributed by atoms with van der Waals surface area (Å²) in [6.07, 6.45) is -4.75. The highest BCUT2D eigenvalue weighted by Gasteiger charge is 2.30. The van der Waals surface area contributed by atoms with Crippen LogP contribution in [-0.2, 0) is 6.54 Å². The average Bonchev–Trinajstić information content (AvgIpc) is 2.54. The fourth-order valence-electron chi connectivity index (χ4n) is 1.84. The molecule has 2 aromatic carbocycles. The molecule has 0 saturated heterocycles. The van der Waals surface area contributed by atoms with E-state index in [0.29, 0.717) is 18.0 Å². The van der Waals surface area contributed by atoms with Crippen molar-refractivity contribution in [2.75, 3.05) is 12.4 Å². The lowest BCUT2D eigenvalue weighted by Gasteiger charge is -2.10. The summed E-state index contributed by atoms with van der Waals surface area (Å²) < 4.78 is 44.9. The third-order valence-corrected chi connectivity index (χ3v) is 2.96. The van der Waals surface area contributed by atoms with Crippen molar-refractivity contribution in [3.8, 4) is 11.5 Å². The number of benzene rings is 2. The van der Waals surface area contributed by atoms with Gasteiger partial charge in [-0.1, -0.05) is 12.1 Å². The minimum absolute atomic E-state index is 0.297. The lowest BCUT2D eigenvalue weighted by molar-refractivity contribution is -0.274. The first-order valence-corrected chi connectivity index (χ1v) is 6.89. The molecule has 0 aliphatic rings. The Kier molecular flexibility index (Phi) is 5.51. The number of amides is 2. The van der Waals surface area contributed by atoms with E-state index in [-0.39, 0.29) is 5.75 Å². The van der Waals surface area contributed by atoms with Crippen LogP contribution < -0.4 is 20.1 Å². The third-order valence-electron chi connectivity index (χ3n) is 2.96. The van der Waals surface area contributed by atoms with Crippen LogP contribution in [0.3, 0.4) is 0 Å². The maximum atomic E-state index is 12.1. The predicted molar refractivity (Wildman–Crippen MR) is 82.0 cm³/mol. The quantitative estimate of drug-likeness (QED) is 0.867. The molecule has 0 saturated carbocycles. The first-order chi connectivity index (χ1) is 11.4. The van der Waals surface area contributed by atoms with Gasteiger partial charge in [0.15, 0.2) is 0 Å². The minimum Gasteiger partial charge on any atom is -0.497 e. The minimum atomic E-state index is -4.75. The number of alkyl halides is 3. The van der Waals surface area contributed by atoms with E-state index < -0.39 is 12.4 Å². The van der Waals surface area contributed by atoms with Crippen LogP contribution in [0.25, 0.3) is 0 Å². The zero-order valence-corrected chi connectivity index (χ0v) is 12.7. The molecule has 24 heavy (non-hydrogen) atoms. The number of hydrogen-bond acceptors (Lipinski definition) is 3. The molecule has 128 valence electrons. The largest absolute Gasteiger partial charge is 0.573 e. The summed E-state index contributed by atoms with van der Waals surface area (Å²) in [5.41, 5.74) is 1.22. The van der Waals surface area contributed by atoms with E-state index >= 15 is 0 Å². The molecule has 0 radical (unpaired) electrons. The van der Waals surface area contributed by atoms with Gasteiger partial charge in [-0.2, -0.15) is 0 Å². The van der Waals surface area contributed by atoms with E-state index in [1.54, 1.807) is 19.2 Å². The highest BCUT2D eigenvalue weighted by molar-refractivity contribution is 5.89. The zero-order valence-electron chi connectivity index (χ0n) is 12.7. The monoisotopic (exact) mass is 340 g/mol. The van der Waals surface area contributed by atoms with Gasteiger partial charge in [-0.3, -0.25) is 0 Å². The molecule has 2 rings (SSSR count). The summed E-state index contributed by atoms with van der Waals surface area (Å²) in [6, 6.07) is 11.5. The van der Waals surface area contributed by atoms with Crippen molar-refractivity contribution in [3.63, 3.8) is 0 Å². The Labute approximate surface area is 136 Å². The van der Waals surface area contributed by atoms with E-state index in [0.717, 1.165) is 17.7 Å². The molecule has 0 heterocycles. The maximum Gasteiger partial charge on any atom is 0.573 e. The third kappa shape index (κ3) is 5.71. The summed E-state index contributed by atoms with van der Waals surface area (Å²) in [5, 5.41) is 5.15. The first-order valence-electron chi connectivity index (χ1n) is 6.89. The first kappa shape index (κ1) is 17.5. The molecule has 5 nitrogen and oxygen atoms in total. The fraction of sp³-hybridized carbons (Fsp3) is 0.188. The van der Waals surface area contributed by atoms with Crippen LogP contribution in [-0.4, -0.2) is 19.5 Å². The number of anilines is 1. The topological polar surface area (TPSA) is 59.6 Å². The van der Waals surface area contributed by atoms with E-state index in [4.69, 9.17) is 4.74 Å². The molecule has 0 unspecified atom stereocenters. The zero-order chi connectivity index (χ0) is 17.6. The highest BCUT2D eigenvalue weighted by atomic mass is 19.4. The number of carbonyl (C=O) groups is 1. The van der Waals surface area contributed by atoms with Crippen LogP contribution in [0.5, 0.6) is 11.5 Å². The molecule has 2 aromatic rings. The summed E-state index contributed by atoms with van der Waals surface area (Å²) >= 11 is 0. The Bertz CT molecular complexity index is 670. The number of halogens is 3. The SMILES string of the molecule is COc1ccc(CNC(=O)Nc2ccc(OC(F)(F)F)cc2)cc1. The number of nitrogens with one attached hydrogen (secondary N) is 2. The van der Waals surface area contributed by atoms with Crippen molar-refractivity contribution in [1.29, 1.82) is 0 Å². The summed E-state index contributed by atoms with van der Waals surface area (Å²) in [6.45, 7) is 0.297.